The van der Waals surface area contributed by atoms with Crippen molar-refractivity contribution in [3.63, 3.8) is 0 Å². The molecular weight excluding hydrogens is 294 g/mol. The molecule has 1 aromatic carbocycles. The molecule has 0 aromatic heterocycles. The smallest absolute Gasteiger partial charge is 0.325 e. The minimum atomic E-state index is -3.22. The highest BCUT2D eigenvalue weighted by molar-refractivity contribution is 7.90. The second kappa shape index (κ2) is 5.65. The molecule has 1 aromatic rings. The molecule has 2 atom stereocenters. The Morgan fingerprint density at radius 3 is 2.48 bits per heavy atom. The molecule has 2 rings (SSSR count). The highest BCUT2D eigenvalue weighted by Gasteiger charge is 2.44. The number of hydrogen-bond acceptors (Lipinski definition) is 6. The Kier molecular flexibility index (Phi) is 4.25. The Labute approximate surface area is 124 Å². The van der Waals surface area contributed by atoms with E-state index in [0.717, 1.165) is 6.26 Å². The summed E-state index contributed by atoms with van der Waals surface area (Å²) in [6, 6.07) is 6.20. The van der Waals surface area contributed by atoms with E-state index in [2.05, 4.69) is 0 Å². The summed E-state index contributed by atoms with van der Waals surface area (Å²) in [5, 5.41) is 0. The van der Waals surface area contributed by atoms with Gasteiger partial charge in [-0.25, -0.2) is 8.42 Å². The minimum absolute atomic E-state index is 0.182. The van der Waals surface area contributed by atoms with Gasteiger partial charge in [-0.2, -0.15) is 0 Å². The van der Waals surface area contributed by atoms with Gasteiger partial charge in [0.05, 0.1) is 12.0 Å². The number of sulfone groups is 1. The molecule has 116 valence electrons. The van der Waals surface area contributed by atoms with Crippen LogP contribution in [0.5, 0.6) is 5.75 Å². The topological polar surface area (TPSA) is 95.7 Å². The molecule has 2 N–H and O–H groups in total. The summed E-state index contributed by atoms with van der Waals surface area (Å²) >= 11 is 0. The Morgan fingerprint density at radius 1 is 1.33 bits per heavy atom. The molecule has 0 amide bonds. The number of rotatable bonds is 4. The number of carbonyl (C=O) groups is 1. The highest BCUT2D eigenvalue weighted by Crippen LogP contribution is 2.32. The maximum Gasteiger partial charge on any atom is 0.325 e. The molecule has 21 heavy (non-hydrogen) atoms. The number of ether oxygens (including phenoxy) is 2. The lowest BCUT2D eigenvalue weighted by molar-refractivity contribution is -0.147. The third-order valence-corrected chi connectivity index (χ3v) is 4.78. The Balaban J connectivity index is 2.02. The number of hydrogen-bond donors (Lipinski definition) is 1. The largest absolute Gasteiger partial charge is 0.490 e. The van der Waals surface area contributed by atoms with Crippen molar-refractivity contribution < 1.29 is 22.7 Å². The fourth-order valence-electron chi connectivity index (χ4n) is 2.48. The molecule has 0 saturated heterocycles. The fraction of sp³-hybridized carbons (Fsp3) is 0.500. The van der Waals surface area contributed by atoms with Crippen molar-refractivity contribution in [1.82, 2.24) is 0 Å². The molecule has 6 nitrogen and oxygen atoms in total. The van der Waals surface area contributed by atoms with Crippen LogP contribution in [0.25, 0.3) is 0 Å². The van der Waals surface area contributed by atoms with E-state index in [4.69, 9.17) is 15.2 Å². The maximum atomic E-state index is 11.6. The zero-order valence-corrected chi connectivity index (χ0v) is 12.9. The molecule has 1 fully saturated rings. The van der Waals surface area contributed by atoms with Gasteiger partial charge in [-0.15, -0.1) is 0 Å². The lowest BCUT2D eigenvalue weighted by Gasteiger charge is -2.20. The summed E-state index contributed by atoms with van der Waals surface area (Å²) in [5.41, 5.74) is 5.01. The normalized spacial score (nSPS) is 25.6. The predicted molar refractivity (Wildman–Crippen MR) is 76.8 cm³/mol. The first kappa shape index (κ1) is 15.8. The van der Waals surface area contributed by atoms with E-state index in [0.29, 0.717) is 25.0 Å². The second-order valence-corrected chi connectivity index (χ2v) is 7.39. The van der Waals surface area contributed by atoms with Crippen LogP contribution in [0.15, 0.2) is 29.2 Å². The molecule has 2 unspecified atom stereocenters. The van der Waals surface area contributed by atoms with Crippen molar-refractivity contribution >= 4 is 15.8 Å². The number of esters is 1. The summed E-state index contributed by atoms with van der Waals surface area (Å²) < 4.78 is 33.2. The molecule has 0 radical (unpaired) electrons. The molecule has 0 aliphatic heterocycles. The molecular formula is C14H19NO5S. The van der Waals surface area contributed by atoms with Crippen LogP contribution < -0.4 is 10.5 Å². The molecule has 1 aliphatic carbocycles. The van der Waals surface area contributed by atoms with E-state index in [1.807, 2.05) is 0 Å². The number of nitrogens with two attached hydrogens (primary N) is 1. The molecule has 0 spiro atoms. The van der Waals surface area contributed by atoms with E-state index in [9.17, 15) is 13.2 Å². The van der Waals surface area contributed by atoms with E-state index in [1.165, 1.54) is 19.2 Å². The number of methoxy groups -OCH3 is 1. The Morgan fingerprint density at radius 2 is 1.95 bits per heavy atom. The Bertz CT molecular complexity index is 625. The highest BCUT2D eigenvalue weighted by atomic mass is 32.2. The zero-order chi connectivity index (χ0) is 15.7. The van der Waals surface area contributed by atoms with Gasteiger partial charge in [0.15, 0.2) is 9.84 Å². The molecule has 1 aliphatic rings. The fourth-order valence-corrected chi connectivity index (χ4v) is 3.11. The van der Waals surface area contributed by atoms with Crippen molar-refractivity contribution in [3.8, 4) is 5.75 Å². The first-order chi connectivity index (χ1) is 9.74. The van der Waals surface area contributed by atoms with Crippen LogP contribution in [0.2, 0.25) is 0 Å². The van der Waals surface area contributed by atoms with E-state index in [1.54, 1.807) is 12.1 Å². The minimum Gasteiger partial charge on any atom is -0.490 e. The third kappa shape index (κ3) is 3.54. The van der Waals surface area contributed by atoms with Gasteiger partial charge in [0, 0.05) is 12.7 Å². The van der Waals surface area contributed by atoms with Crippen molar-refractivity contribution in [2.75, 3.05) is 13.4 Å². The van der Waals surface area contributed by atoms with Gasteiger partial charge in [0.1, 0.15) is 17.4 Å². The van der Waals surface area contributed by atoms with Crippen molar-refractivity contribution in [2.45, 2.75) is 35.8 Å². The van der Waals surface area contributed by atoms with Gasteiger partial charge in [-0.1, -0.05) is 0 Å². The van der Waals surface area contributed by atoms with E-state index in [-0.39, 0.29) is 11.0 Å². The van der Waals surface area contributed by atoms with Gasteiger partial charge in [0.25, 0.3) is 0 Å². The second-order valence-electron chi connectivity index (χ2n) is 5.37. The summed E-state index contributed by atoms with van der Waals surface area (Å²) in [5.74, 6) is 0.127. The summed E-state index contributed by atoms with van der Waals surface area (Å²) in [7, 11) is -1.90. The lowest BCUT2D eigenvalue weighted by atomic mass is 10.00. The van der Waals surface area contributed by atoms with Gasteiger partial charge >= 0.3 is 5.97 Å². The monoisotopic (exact) mass is 313 g/mol. The molecule has 0 bridgehead atoms. The van der Waals surface area contributed by atoms with Crippen molar-refractivity contribution in [1.29, 1.82) is 0 Å². The van der Waals surface area contributed by atoms with E-state index < -0.39 is 21.3 Å². The predicted octanol–water partition coefficient (Wildman–Crippen LogP) is 0.892. The van der Waals surface area contributed by atoms with Crippen molar-refractivity contribution in [3.05, 3.63) is 24.3 Å². The first-order valence-corrected chi connectivity index (χ1v) is 8.48. The average Bonchev–Trinajstić information content (AvgIpc) is 2.80. The summed E-state index contributed by atoms with van der Waals surface area (Å²) in [4.78, 5) is 11.9. The zero-order valence-electron chi connectivity index (χ0n) is 12.0. The van der Waals surface area contributed by atoms with Crippen LogP contribution in [0.3, 0.4) is 0 Å². The summed E-state index contributed by atoms with van der Waals surface area (Å²) in [6.07, 6.45) is 2.51. The first-order valence-electron chi connectivity index (χ1n) is 6.59. The molecule has 1 saturated carbocycles. The van der Waals surface area contributed by atoms with Crippen LogP contribution >= 0.6 is 0 Å². The number of carbonyl (C=O) groups excluding carboxylic acids is 1. The lowest BCUT2D eigenvalue weighted by Crippen LogP contribution is -2.47. The quantitative estimate of drug-likeness (QED) is 0.829. The average molecular weight is 313 g/mol. The van der Waals surface area contributed by atoms with Crippen LogP contribution in [0.4, 0.5) is 0 Å². The van der Waals surface area contributed by atoms with E-state index >= 15 is 0 Å². The van der Waals surface area contributed by atoms with Crippen molar-refractivity contribution in [2.24, 2.45) is 5.73 Å². The van der Waals surface area contributed by atoms with Gasteiger partial charge in [-0.05, 0) is 37.1 Å². The molecule has 0 heterocycles. The SMILES string of the molecule is COC(=O)C1(N)CCC(Oc2ccc(S(C)(=O)=O)cc2)C1. The Hall–Kier alpha value is -1.60. The van der Waals surface area contributed by atoms with Crippen LogP contribution in [-0.4, -0.2) is 39.4 Å². The maximum absolute atomic E-state index is 11.6. The third-order valence-electron chi connectivity index (χ3n) is 3.65. The van der Waals surface area contributed by atoms with Crippen LogP contribution in [0.1, 0.15) is 19.3 Å². The summed E-state index contributed by atoms with van der Waals surface area (Å²) in [6.45, 7) is 0. The van der Waals surface area contributed by atoms with Crippen LogP contribution in [0, 0.1) is 0 Å². The molecule has 7 heteroatoms. The van der Waals surface area contributed by atoms with Crippen LogP contribution in [-0.2, 0) is 19.4 Å². The van der Waals surface area contributed by atoms with Gasteiger partial charge in [0.2, 0.25) is 0 Å². The standard InChI is InChI=1S/C14H19NO5S/c1-19-13(16)14(15)8-7-11(9-14)20-10-3-5-12(6-4-10)21(2,17)18/h3-6,11H,7-9,15H2,1-2H3. The number of benzene rings is 1. The van der Waals surface area contributed by atoms with Gasteiger partial charge in [-0.3, -0.25) is 4.79 Å². The van der Waals surface area contributed by atoms with Gasteiger partial charge < -0.3 is 15.2 Å².